The molecule has 0 radical (unpaired) electrons. The lowest BCUT2D eigenvalue weighted by atomic mass is 10.0. The molecule has 0 aromatic heterocycles. The molecule has 0 bridgehead atoms. The number of ether oxygens (including phenoxy) is 1. The number of rotatable bonds is 7. The normalized spacial score (nSPS) is 24.2. The van der Waals surface area contributed by atoms with Crippen molar-refractivity contribution >= 4 is 11.5 Å². The summed E-state index contributed by atoms with van der Waals surface area (Å²) in [6.45, 7) is 12.2. The number of aliphatic imine (C=N–C) groups is 1. The van der Waals surface area contributed by atoms with E-state index in [1.165, 1.54) is 5.57 Å². The summed E-state index contributed by atoms with van der Waals surface area (Å²) in [5.74, 6) is 0.798. The number of hydrogen-bond donors (Lipinski definition) is 2. The summed E-state index contributed by atoms with van der Waals surface area (Å²) in [7, 11) is 1.79. The minimum Gasteiger partial charge on any atom is -0.380 e. The molecule has 2 heterocycles. The fourth-order valence-electron chi connectivity index (χ4n) is 3.46. The van der Waals surface area contributed by atoms with Crippen molar-refractivity contribution in [2.45, 2.75) is 65.9 Å². The highest BCUT2D eigenvalue weighted by Gasteiger charge is 2.21. The summed E-state index contributed by atoms with van der Waals surface area (Å²) < 4.78 is 5.48. The van der Waals surface area contributed by atoms with Crippen LogP contribution in [0.15, 0.2) is 41.1 Å². The largest absolute Gasteiger partial charge is 0.380 e. The number of allylic oxidation sites excluding steroid dienone is 4. The van der Waals surface area contributed by atoms with E-state index >= 15 is 0 Å². The minimum absolute atomic E-state index is 0.320. The molecule has 2 N–H and O–H groups in total. The first-order valence-corrected chi connectivity index (χ1v) is 11.3. The van der Waals surface area contributed by atoms with Crippen molar-refractivity contribution in [3.05, 3.63) is 36.1 Å². The second-order valence-corrected chi connectivity index (χ2v) is 7.45. The van der Waals surface area contributed by atoms with Crippen molar-refractivity contribution in [1.29, 1.82) is 5.41 Å². The molecule has 5 nitrogen and oxygen atoms in total. The van der Waals surface area contributed by atoms with Crippen LogP contribution in [0.3, 0.4) is 0 Å². The highest BCUT2D eigenvalue weighted by molar-refractivity contribution is 6.07. The van der Waals surface area contributed by atoms with Crippen LogP contribution < -0.4 is 5.32 Å². The molecule has 0 amide bonds. The van der Waals surface area contributed by atoms with E-state index < -0.39 is 0 Å². The molecule has 2 saturated heterocycles. The molecule has 0 spiro atoms. The van der Waals surface area contributed by atoms with Crippen LogP contribution in [-0.4, -0.2) is 55.8 Å². The molecule has 164 valence electrons. The van der Waals surface area contributed by atoms with Crippen LogP contribution in [0.4, 0.5) is 0 Å². The standard InChI is InChI=1S/C22H36N4O.C2H6/c1-4-5-6-7-8-18(2)15-22(23)25-21-10-13-24-12-9-19(21)16-26-14-11-20(17-26)27-3;1-2/h5-8,16,18,20,23-24H,4,9-15,17H2,1-3H3;1-2H3/b6-5-,8-7-,19-16+,23-22?,25-21?;. The number of amidine groups is 1. The van der Waals surface area contributed by atoms with E-state index in [0.717, 1.165) is 57.6 Å². The highest BCUT2D eigenvalue weighted by Crippen LogP contribution is 2.18. The van der Waals surface area contributed by atoms with Gasteiger partial charge in [-0.15, -0.1) is 0 Å². The second kappa shape index (κ2) is 15.2. The smallest absolute Gasteiger partial charge is 0.121 e. The van der Waals surface area contributed by atoms with Crippen LogP contribution in [0.5, 0.6) is 0 Å². The van der Waals surface area contributed by atoms with Crippen LogP contribution in [0, 0.1) is 11.3 Å². The van der Waals surface area contributed by atoms with Gasteiger partial charge in [-0.3, -0.25) is 5.41 Å². The maximum Gasteiger partial charge on any atom is 0.121 e. The molecule has 2 aliphatic heterocycles. The fraction of sp³-hybridized carbons (Fsp3) is 0.667. The van der Waals surface area contributed by atoms with Crippen molar-refractivity contribution < 1.29 is 4.74 Å². The zero-order valence-corrected chi connectivity index (χ0v) is 19.2. The molecule has 29 heavy (non-hydrogen) atoms. The van der Waals surface area contributed by atoms with Gasteiger partial charge in [0.1, 0.15) is 5.84 Å². The van der Waals surface area contributed by atoms with Gasteiger partial charge in [-0.1, -0.05) is 52.0 Å². The third-order valence-electron chi connectivity index (χ3n) is 5.04. The van der Waals surface area contributed by atoms with E-state index in [1.807, 2.05) is 13.8 Å². The second-order valence-electron chi connectivity index (χ2n) is 7.45. The van der Waals surface area contributed by atoms with Gasteiger partial charge in [0.05, 0.1) is 6.10 Å². The molecule has 0 aliphatic carbocycles. The Balaban J connectivity index is 0.00000204. The van der Waals surface area contributed by atoms with Gasteiger partial charge in [0.15, 0.2) is 0 Å². The van der Waals surface area contributed by atoms with Crippen LogP contribution in [0.1, 0.15) is 59.8 Å². The SMILES string of the molecule is CC.CC/C=C\C=C/C(C)CC(=N)N=C1CCNCC/C1=C\N1CCC(OC)C1. The van der Waals surface area contributed by atoms with Crippen molar-refractivity contribution in [3.63, 3.8) is 0 Å². The predicted molar refractivity (Wildman–Crippen MR) is 126 cm³/mol. The first kappa shape index (κ1) is 25.3. The van der Waals surface area contributed by atoms with Gasteiger partial charge in [0, 0.05) is 51.5 Å². The quantitative estimate of drug-likeness (QED) is 0.359. The predicted octanol–water partition coefficient (Wildman–Crippen LogP) is 4.97. The van der Waals surface area contributed by atoms with Gasteiger partial charge in [0.25, 0.3) is 0 Å². The van der Waals surface area contributed by atoms with Crippen LogP contribution >= 0.6 is 0 Å². The average Bonchev–Trinajstić information content (AvgIpc) is 3.07. The van der Waals surface area contributed by atoms with Gasteiger partial charge < -0.3 is 15.0 Å². The summed E-state index contributed by atoms with van der Waals surface area (Å²) in [5.41, 5.74) is 2.35. The van der Waals surface area contributed by atoms with Gasteiger partial charge in [-0.05, 0) is 37.3 Å². The summed E-state index contributed by atoms with van der Waals surface area (Å²) in [4.78, 5) is 7.07. The average molecular weight is 403 g/mol. The molecule has 2 unspecified atom stereocenters. The van der Waals surface area contributed by atoms with E-state index in [-0.39, 0.29) is 0 Å². The number of hydrogen-bond acceptors (Lipinski definition) is 4. The van der Waals surface area contributed by atoms with Crippen LogP contribution in [-0.2, 0) is 4.74 Å². The van der Waals surface area contributed by atoms with Gasteiger partial charge in [-0.25, -0.2) is 4.99 Å². The Labute approximate surface area is 178 Å². The molecule has 0 aromatic carbocycles. The van der Waals surface area contributed by atoms with Crippen molar-refractivity contribution in [2.75, 3.05) is 33.3 Å². The summed E-state index contributed by atoms with van der Waals surface area (Å²) >= 11 is 0. The van der Waals surface area contributed by atoms with Crippen molar-refractivity contribution in [3.8, 4) is 0 Å². The Morgan fingerprint density at radius 1 is 1.31 bits per heavy atom. The fourth-order valence-corrected chi connectivity index (χ4v) is 3.46. The molecule has 5 heteroatoms. The summed E-state index contributed by atoms with van der Waals surface area (Å²) in [5, 5.41) is 11.8. The molecule has 2 fully saturated rings. The molecule has 2 atom stereocenters. The lowest BCUT2D eigenvalue weighted by molar-refractivity contribution is 0.113. The van der Waals surface area contributed by atoms with Crippen LogP contribution in [0.25, 0.3) is 0 Å². The third kappa shape index (κ3) is 10.0. The van der Waals surface area contributed by atoms with Gasteiger partial charge in [0.2, 0.25) is 0 Å². The van der Waals surface area contributed by atoms with Crippen LogP contribution in [0.2, 0.25) is 0 Å². The maximum atomic E-state index is 8.36. The number of methoxy groups -OCH3 is 1. The first-order valence-electron chi connectivity index (χ1n) is 11.3. The monoisotopic (exact) mass is 402 g/mol. The van der Waals surface area contributed by atoms with Gasteiger partial charge in [-0.2, -0.15) is 0 Å². The van der Waals surface area contributed by atoms with E-state index in [4.69, 9.17) is 15.1 Å². The summed E-state index contributed by atoms with van der Waals surface area (Å²) in [6, 6.07) is 0. The maximum absolute atomic E-state index is 8.36. The zero-order chi connectivity index (χ0) is 21.5. The molecular formula is C24H42N4O. The molecular weight excluding hydrogens is 360 g/mol. The van der Waals surface area contributed by atoms with E-state index in [0.29, 0.717) is 24.3 Å². The number of likely N-dealkylation sites (tertiary alicyclic amines) is 1. The van der Waals surface area contributed by atoms with Crippen molar-refractivity contribution in [2.24, 2.45) is 10.9 Å². The van der Waals surface area contributed by atoms with E-state index in [2.05, 4.69) is 54.6 Å². The van der Waals surface area contributed by atoms with E-state index in [9.17, 15) is 0 Å². The molecule has 0 aromatic rings. The van der Waals surface area contributed by atoms with Gasteiger partial charge >= 0.3 is 0 Å². The van der Waals surface area contributed by atoms with Crippen molar-refractivity contribution in [1.82, 2.24) is 10.2 Å². The Morgan fingerprint density at radius 2 is 2.07 bits per heavy atom. The topological polar surface area (TPSA) is 60.7 Å². The lowest BCUT2D eigenvalue weighted by Gasteiger charge is -2.16. The Hall–Kier alpha value is -1.72. The Bertz CT molecular complexity index is 592. The number of nitrogens with zero attached hydrogens (tertiary/aromatic N) is 2. The Morgan fingerprint density at radius 3 is 2.76 bits per heavy atom. The Kier molecular flexibility index (Phi) is 13.2. The number of nitrogens with one attached hydrogen (secondary N) is 2. The molecule has 2 rings (SSSR count). The third-order valence-corrected chi connectivity index (χ3v) is 5.04. The first-order chi connectivity index (χ1) is 14.1. The molecule has 2 aliphatic rings. The summed E-state index contributed by atoms with van der Waals surface area (Å²) in [6.07, 6.45) is 15.7. The lowest BCUT2D eigenvalue weighted by Crippen LogP contribution is -2.19. The molecule has 0 saturated carbocycles. The van der Waals surface area contributed by atoms with E-state index in [1.54, 1.807) is 7.11 Å². The highest BCUT2D eigenvalue weighted by atomic mass is 16.5. The zero-order valence-electron chi connectivity index (χ0n) is 19.2. The minimum atomic E-state index is 0.320.